The van der Waals surface area contributed by atoms with Crippen LogP contribution in [0, 0.1) is 0 Å². The SMILES string of the molecule is Cn1ccnc1CNCCCN1CCOCC1. The number of morpholine rings is 1. The number of aryl methyl sites for hydroxylation is 1. The van der Waals surface area contributed by atoms with Crippen molar-refractivity contribution in [1.82, 2.24) is 19.8 Å². The summed E-state index contributed by atoms with van der Waals surface area (Å²) in [6.45, 7) is 7.01. The van der Waals surface area contributed by atoms with E-state index in [1.807, 2.05) is 19.4 Å². The molecule has 0 aliphatic carbocycles. The van der Waals surface area contributed by atoms with Crippen molar-refractivity contribution in [3.8, 4) is 0 Å². The van der Waals surface area contributed by atoms with E-state index in [0.29, 0.717) is 0 Å². The van der Waals surface area contributed by atoms with Gasteiger partial charge in [-0.25, -0.2) is 4.98 Å². The van der Waals surface area contributed by atoms with E-state index in [4.69, 9.17) is 4.74 Å². The zero-order valence-corrected chi connectivity index (χ0v) is 10.6. The molecule has 5 heteroatoms. The van der Waals surface area contributed by atoms with Crippen LogP contribution in [-0.4, -0.2) is 53.8 Å². The van der Waals surface area contributed by atoms with Crippen molar-refractivity contribution in [1.29, 1.82) is 0 Å². The second-order valence-corrected chi connectivity index (χ2v) is 4.44. The van der Waals surface area contributed by atoms with Crippen LogP contribution in [0.5, 0.6) is 0 Å². The summed E-state index contributed by atoms with van der Waals surface area (Å²) in [6.07, 6.45) is 5.00. The summed E-state index contributed by atoms with van der Waals surface area (Å²) in [5, 5.41) is 3.43. The van der Waals surface area contributed by atoms with Crippen LogP contribution in [0.4, 0.5) is 0 Å². The molecule has 2 heterocycles. The minimum absolute atomic E-state index is 0.854. The quantitative estimate of drug-likeness (QED) is 0.721. The van der Waals surface area contributed by atoms with Gasteiger partial charge >= 0.3 is 0 Å². The Morgan fingerprint density at radius 1 is 1.41 bits per heavy atom. The van der Waals surface area contributed by atoms with E-state index < -0.39 is 0 Å². The second kappa shape index (κ2) is 6.74. The van der Waals surface area contributed by atoms with Gasteiger partial charge in [0, 0.05) is 32.5 Å². The van der Waals surface area contributed by atoms with Crippen molar-refractivity contribution < 1.29 is 4.74 Å². The molecule has 1 saturated heterocycles. The fourth-order valence-electron chi connectivity index (χ4n) is 2.02. The molecule has 2 rings (SSSR count). The number of imidazole rings is 1. The van der Waals surface area contributed by atoms with E-state index in [2.05, 4.69) is 19.8 Å². The third-order valence-corrected chi connectivity index (χ3v) is 3.14. The number of rotatable bonds is 6. The summed E-state index contributed by atoms with van der Waals surface area (Å²) >= 11 is 0. The highest BCUT2D eigenvalue weighted by atomic mass is 16.5. The van der Waals surface area contributed by atoms with Crippen LogP contribution in [0.3, 0.4) is 0 Å². The summed E-state index contributed by atoms with van der Waals surface area (Å²) in [7, 11) is 2.03. The third kappa shape index (κ3) is 4.11. The highest BCUT2D eigenvalue weighted by Crippen LogP contribution is 1.98. The van der Waals surface area contributed by atoms with Gasteiger partial charge < -0.3 is 14.6 Å². The van der Waals surface area contributed by atoms with E-state index in [1.54, 1.807) is 0 Å². The molecule has 1 aromatic heterocycles. The number of hydrogen-bond donors (Lipinski definition) is 1. The van der Waals surface area contributed by atoms with Crippen molar-refractivity contribution >= 4 is 0 Å². The Labute approximate surface area is 103 Å². The van der Waals surface area contributed by atoms with Gasteiger partial charge in [0.15, 0.2) is 0 Å². The van der Waals surface area contributed by atoms with Crippen LogP contribution in [0.2, 0.25) is 0 Å². The Hall–Kier alpha value is -0.910. The molecule has 1 aliphatic heterocycles. The average Bonchev–Trinajstić information content (AvgIpc) is 2.76. The first-order chi connectivity index (χ1) is 8.36. The number of nitrogens with one attached hydrogen (secondary N) is 1. The maximum Gasteiger partial charge on any atom is 0.122 e. The van der Waals surface area contributed by atoms with Crippen molar-refractivity contribution in [2.45, 2.75) is 13.0 Å². The summed E-state index contributed by atoms with van der Waals surface area (Å²) < 4.78 is 7.37. The van der Waals surface area contributed by atoms with Crippen molar-refractivity contribution in [3.63, 3.8) is 0 Å². The third-order valence-electron chi connectivity index (χ3n) is 3.14. The number of hydrogen-bond acceptors (Lipinski definition) is 4. The smallest absolute Gasteiger partial charge is 0.122 e. The summed E-state index contributed by atoms with van der Waals surface area (Å²) in [5.41, 5.74) is 0. The van der Waals surface area contributed by atoms with Crippen molar-refractivity contribution in [2.24, 2.45) is 7.05 Å². The first kappa shape index (κ1) is 12.5. The number of nitrogens with zero attached hydrogens (tertiary/aromatic N) is 3. The molecule has 17 heavy (non-hydrogen) atoms. The highest BCUT2D eigenvalue weighted by molar-refractivity contribution is 4.90. The number of ether oxygens (including phenoxy) is 1. The van der Waals surface area contributed by atoms with Crippen molar-refractivity contribution in [2.75, 3.05) is 39.4 Å². The fraction of sp³-hybridized carbons (Fsp3) is 0.750. The molecule has 96 valence electrons. The molecule has 0 unspecified atom stereocenters. The van der Waals surface area contributed by atoms with Gasteiger partial charge in [0.2, 0.25) is 0 Å². The maximum atomic E-state index is 5.32. The normalized spacial score (nSPS) is 17.5. The average molecular weight is 238 g/mol. The first-order valence-electron chi connectivity index (χ1n) is 6.33. The molecule has 0 aromatic carbocycles. The Morgan fingerprint density at radius 2 is 2.24 bits per heavy atom. The number of aromatic nitrogens is 2. The Balaban J connectivity index is 1.53. The fourth-order valence-corrected chi connectivity index (χ4v) is 2.02. The van der Waals surface area contributed by atoms with Crippen LogP contribution in [-0.2, 0) is 18.3 Å². The Morgan fingerprint density at radius 3 is 2.94 bits per heavy atom. The molecule has 0 atom stereocenters. The molecule has 0 radical (unpaired) electrons. The van der Waals surface area contributed by atoms with Gasteiger partial charge in [0.05, 0.1) is 19.8 Å². The Bertz CT molecular complexity index is 320. The largest absolute Gasteiger partial charge is 0.379 e. The van der Waals surface area contributed by atoms with Crippen molar-refractivity contribution in [3.05, 3.63) is 18.2 Å². The lowest BCUT2D eigenvalue weighted by Crippen LogP contribution is -2.37. The summed E-state index contributed by atoms with van der Waals surface area (Å²) in [5.74, 6) is 1.09. The van der Waals surface area contributed by atoms with Crippen LogP contribution < -0.4 is 5.32 Å². The predicted molar refractivity (Wildman–Crippen MR) is 66.8 cm³/mol. The highest BCUT2D eigenvalue weighted by Gasteiger charge is 2.08. The standard InChI is InChI=1S/C12H22N4O/c1-15-6-4-14-12(15)11-13-3-2-5-16-7-9-17-10-8-16/h4,6,13H,2-3,5,7-11H2,1H3. The van der Waals surface area contributed by atoms with Crippen LogP contribution in [0.15, 0.2) is 12.4 Å². The molecular formula is C12H22N4O. The molecule has 0 saturated carbocycles. The van der Waals surface area contributed by atoms with Crippen LogP contribution in [0.1, 0.15) is 12.2 Å². The zero-order chi connectivity index (χ0) is 11.9. The van der Waals surface area contributed by atoms with Gasteiger partial charge in [-0.2, -0.15) is 0 Å². The van der Waals surface area contributed by atoms with E-state index >= 15 is 0 Å². The lowest BCUT2D eigenvalue weighted by atomic mass is 10.3. The summed E-state index contributed by atoms with van der Waals surface area (Å²) in [6, 6.07) is 0. The van der Waals surface area contributed by atoms with Crippen LogP contribution in [0.25, 0.3) is 0 Å². The van der Waals surface area contributed by atoms with Gasteiger partial charge in [-0.15, -0.1) is 0 Å². The molecule has 1 aliphatic rings. The van der Waals surface area contributed by atoms with Gasteiger partial charge in [-0.1, -0.05) is 0 Å². The molecule has 0 amide bonds. The molecule has 0 spiro atoms. The second-order valence-electron chi connectivity index (χ2n) is 4.44. The molecule has 1 aromatic rings. The van der Waals surface area contributed by atoms with E-state index in [9.17, 15) is 0 Å². The van der Waals surface area contributed by atoms with E-state index in [1.165, 1.54) is 6.42 Å². The minimum atomic E-state index is 0.854. The molecule has 5 nitrogen and oxygen atoms in total. The molecular weight excluding hydrogens is 216 g/mol. The van der Waals surface area contributed by atoms with Crippen LogP contribution >= 0.6 is 0 Å². The Kier molecular flexibility index (Phi) is 4.97. The zero-order valence-electron chi connectivity index (χ0n) is 10.6. The summed E-state index contributed by atoms with van der Waals surface area (Å²) in [4.78, 5) is 6.74. The van der Waals surface area contributed by atoms with Gasteiger partial charge in [0.1, 0.15) is 5.82 Å². The van der Waals surface area contributed by atoms with Gasteiger partial charge in [0.25, 0.3) is 0 Å². The minimum Gasteiger partial charge on any atom is -0.379 e. The maximum absolute atomic E-state index is 5.32. The van der Waals surface area contributed by atoms with E-state index in [-0.39, 0.29) is 0 Å². The first-order valence-corrected chi connectivity index (χ1v) is 6.33. The predicted octanol–water partition coefficient (Wildman–Crippen LogP) is 0.232. The van der Waals surface area contributed by atoms with Gasteiger partial charge in [-0.3, -0.25) is 4.90 Å². The molecule has 1 fully saturated rings. The lowest BCUT2D eigenvalue weighted by Gasteiger charge is -2.26. The van der Waals surface area contributed by atoms with E-state index in [0.717, 1.165) is 51.8 Å². The van der Waals surface area contributed by atoms with Gasteiger partial charge in [-0.05, 0) is 19.5 Å². The molecule has 1 N–H and O–H groups in total. The molecule has 0 bridgehead atoms. The topological polar surface area (TPSA) is 42.3 Å². The lowest BCUT2D eigenvalue weighted by molar-refractivity contribution is 0.0374. The monoisotopic (exact) mass is 238 g/mol.